The van der Waals surface area contributed by atoms with Crippen molar-refractivity contribution in [3.05, 3.63) is 30.1 Å². The van der Waals surface area contributed by atoms with Gasteiger partial charge < -0.3 is 10.6 Å². The van der Waals surface area contributed by atoms with Crippen molar-refractivity contribution in [2.24, 2.45) is 5.73 Å². The minimum Gasteiger partial charge on any atom is -0.344 e. The van der Waals surface area contributed by atoms with Crippen molar-refractivity contribution < 1.29 is 4.79 Å². The lowest BCUT2D eigenvalue weighted by atomic mass is 9.97. The molecular formula is C14H22ClN3O. The number of hydrogen-bond donors (Lipinski definition) is 1. The van der Waals surface area contributed by atoms with E-state index in [-0.39, 0.29) is 18.3 Å². The van der Waals surface area contributed by atoms with Crippen LogP contribution in [0.4, 0.5) is 0 Å². The molecule has 0 aliphatic heterocycles. The molecule has 0 aromatic carbocycles. The molecule has 0 bridgehead atoms. The minimum absolute atomic E-state index is 0. The smallest absolute Gasteiger partial charge is 0.242 e. The highest BCUT2D eigenvalue weighted by Crippen LogP contribution is 2.28. The molecule has 4 nitrogen and oxygen atoms in total. The standard InChI is InChI=1S/C14H21N3O.ClH/c1-17(11-7-12-6-2-5-10-16-12)13(18)14(15)8-3-4-9-14;/h2,5-6,10H,3-4,7-9,11,15H2,1H3;1H. The normalized spacial score (nSPS) is 16.7. The molecule has 1 aliphatic rings. The van der Waals surface area contributed by atoms with E-state index in [1.54, 1.807) is 11.1 Å². The van der Waals surface area contributed by atoms with Crippen LogP contribution in [0.3, 0.4) is 0 Å². The summed E-state index contributed by atoms with van der Waals surface area (Å²) in [5.74, 6) is 0.0796. The summed E-state index contributed by atoms with van der Waals surface area (Å²) in [6.45, 7) is 0.675. The molecule has 1 saturated carbocycles. The first kappa shape index (κ1) is 15.9. The van der Waals surface area contributed by atoms with Gasteiger partial charge in [-0.1, -0.05) is 18.9 Å². The van der Waals surface area contributed by atoms with Crippen molar-refractivity contribution >= 4 is 18.3 Å². The second-order valence-electron chi connectivity index (χ2n) is 5.16. The van der Waals surface area contributed by atoms with Gasteiger partial charge in [-0.05, 0) is 25.0 Å². The van der Waals surface area contributed by atoms with Crippen LogP contribution in [0.15, 0.2) is 24.4 Å². The monoisotopic (exact) mass is 283 g/mol. The van der Waals surface area contributed by atoms with Crippen LogP contribution in [0.1, 0.15) is 31.4 Å². The van der Waals surface area contributed by atoms with Gasteiger partial charge in [-0.15, -0.1) is 12.4 Å². The van der Waals surface area contributed by atoms with Gasteiger partial charge in [0, 0.05) is 31.9 Å². The Balaban J connectivity index is 0.00000180. The first-order chi connectivity index (χ1) is 8.62. The van der Waals surface area contributed by atoms with Gasteiger partial charge in [-0.2, -0.15) is 0 Å². The second-order valence-corrected chi connectivity index (χ2v) is 5.16. The van der Waals surface area contributed by atoms with Gasteiger partial charge in [0.25, 0.3) is 0 Å². The third-order valence-electron chi connectivity index (χ3n) is 3.70. The Hall–Kier alpha value is -1.13. The summed E-state index contributed by atoms with van der Waals surface area (Å²) in [6.07, 6.45) is 6.32. The van der Waals surface area contributed by atoms with E-state index in [0.29, 0.717) is 6.54 Å². The molecule has 0 saturated heterocycles. The molecule has 1 aromatic heterocycles. The maximum atomic E-state index is 12.3. The fraction of sp³-hybridized carbons (Fsp3) is 0.571. The molecule has 2 rings (SSSR count). The SMILES string of the molecule is CN(CCc1ccccn1)C(=O)C1(N)CCCC1.Cl. The van der Waals surface area contributed by atoms with E-state index < -0.39 is 5.54 Å². The van der Waals surface area contributed by atoms with Gasteiger partial charge in [-0.3, -0.25) is 9.78 Å². The third-order valence-corrected chi connectivity index (χ3v) is 3.70. The highest BCUT2D eigenvalue weighted by atomic mass is 35.5. The number of rotatable bonds is 4. The molecule has 0 radical (unpaired) electrons. The van der Waals surface area contributed by atoms with E-state index in [9.17, 15) is 4.79 Å². The third kappa shape index (κ3) is 3.91. The van der Waals surface area contributed by atoms with Crippen LogP contribution in [-0.2, 0) is 11.2 Å². The number of amides is 1. The molecule has 19 heavy (non-hydrogen) atoms. The summed E-state index contributed by atoms with van der Waals surface area (Å²) >= 11 is 0. The van der Waals surface area contributed by atoms with Crippen LogP contribution < -0.4 is 5.73 Å². The zero-order chi connectivity index (χ0) is 13.0. The van der Waals surface area contributed by atoms with Gasteiger partial charge in [-0.25, -0.2) is 0 Å². The molecule has 0 spiro atoms. The van der Waals surface area contributed by atoms with E-state index in [1.165, 1.54) is 0 Å². The minimum atomic E-state index is -0.612. The predicted octanol–water partition coefficient (Wildman–Crippen LogP) is 1.78. The molecule has 1 heterocycles. The molecule has 1 amide bonds. The molecule has 5 heteroatoms. The largest absolute Gasteiger partial charge is 0.344 e. The Morgan fingerprint density at radius 3 is 2.68 bits per heavy atom. The highest BCUT2D eigenvalue weighted by Gasteiger charge is 2.38. The molecule has 0 atom stereocenters. The van der Waals surface area contributed by atoms with Gasteiger partial charge in [0.05, 0.1) is 5.54 Å². The fourth-order valence-electron chi connectivity index (χ4n) is 2.53. The van der Waals surface area contributed by atoms with Crippen LogP contribution in [0, 0.1) is 0 Å². The Bertz CT molecular complexity index is 404. The average molecular weight is 284 g/mol. The summed E-state index contributed by atoms with van der Waals surface area (Å²) < 4.78 is 0. The van der Waals surface area contributed by atoms with Crippen molar-refractivity contribution in [1.82, 2.24) is 9.88 Å². The average Bonchev–Trinajstić information content (AvgIpc) is 2.84. The Labute approximate surface area is 120 Å². The van der Waals surface area contributed by atoms with Crippen molar-refractivity contribution in [3.8, 4) is 0 Å². The lowest BCUT2D eigenvalue weighted by Crippen LogP contribution is -2.52. The summed E-state index contributed by atoms with van der Waals surface area (Å²) in [5, 5.41) is 0. The number of nitrogens with zero attached hydrogens (tertiary/aromatic N) is 2. The van der Waals surface area contributed by atoms with Crippen molar-refractivity contribution in [1.29, 1.82) is 0 Å². The van der Waals surface area contributed by atoms with Crippen molar-refractivity contribution in [2.45, 2.75) is 37.6 Å². The topological polar surface area (TPSA) is 59.2 Å². The van der Waals surface area contributed by atoms with E-state index >= 15 is 0 Å². The predicted molar refractivity (Wildman–Crippen MR) is 78.2 cm³/mol. The molecular weight excluding hydrogens is 262 g/mol. The molecule has 106 valence electrons. The van der Waals surface area contributed by atoms with Gasteiger partial charge >= 0.3 is 0 Å². The molecule has 1 aliphatic carbocycles. The van der Waals surface area contributed by atoms with Crippen LogP contribution in [0.2, 0.25) is 0 Å². The second kappa shape index (κ2) is 6.87. The first-order valence-electron chi connectivity index (χ1n) is 6.56. The number of hydrogen-bond acceptors (Lipinski definition) is 3. The maximum absolute atomic E-state index is 12.3. The van der Waals surface area contributed by atoms with E-state index in [4.69, 9.17) is 5.73 Å². The van der Waals surface area contributed by atoms with Gasteiger partial charge in [0.2, 0.25) is 5.91 Å². The zero-order valence-corrected chi connectivity index (χ0v) is 12.2. The summed E-state index contributed by atoms with van der Waals surface area (Å²) in [5.41, 5.74) is 6.56. The van der Waals surface area contributed by atoms with Crippen molar-refractivity contribution in [2.75, 3.05) is 13.6 Å². The van der Waals surface area contributed by atoms with Gasteiger partial charge in [0.1, 0.15) is 0 Å². The summed E-state index contributed by atoms with van der Waals surface area (Å²) in [4.78, 5) is 18.3. The lowest BCUT2D eigenvalue weighted by Gasteiger charge is -2.28. The number of aromatic nitrogens is 1. The van der Waals surface area contributed by atoms with Crippen LogP contribution in [-0.4, -0.2) is 34.9 Å². The number of carbonyl (C=O) groups excluding carboxylic acids is 1. The maximum Gasteiger partial charge on any atom is 0.242 e. The number of likely N-dealkylation sites (N-methyl/N-ethyl adjacent to an activating group) is 1. The van der Waals surface area contributed by atoms with Gasteiger partial charge in [0.15, 0.2) is 0 Å². The van der Waals surface area contributed by atoms with Crippen molar-refractivity contribution in [3.63, 3.8) is 0 Å². The van der Waals surface area contributed by atoms with E-state index in [1.807, 2.05) is 25.2 Å². The van der Waals surface area contributed by atoms with Crippen LogP contribution in [0.5, 0.6) is 0 Å². The Kier molecular flexibility index (Phi) is 5.76. The summed E-state index contributed by atoms with van der Waals surface area (Å²) in [6, 6.07) is 5.84. The first-order valence-corrected chi connectivity index (χ1v) is 6.56. The molecule has 1 aromatic rings. The number of pyridine rings is 1. The highest BCUT2D eigenvalue weighted by molar-refractivity contribution is 5.86. The van der Waals surface area contributed by atoms with Crippen LogP contribution in [0.25, 0.3) is 0 Å². The summed E-state index contributed by atoms with van der Waals surface area (Å²) in [7, 11) is 1.83. The van der Waals surface area contributed by atoms with Crippen LogP contribution >= 0.6 is 12.4 Å². The number of halogens is 1. The number of carbonyl (C=O) groups is 1. The quantitative estimate of drug-likeness (QED) is 0.916. The Morgan fingerprint density at radius 1 is 1.42 bits per heavy atom. The lowest BCUT2D eigenvalue weighted by molar-refractivity contribution is -0.135. The van der Waals surface area contributed by atoms with E-state index in [0.717, 1.165) is 37.8 Å². The fourth-order valence-corrected chi connectivity index (χ4v) is 2.53. The molecule has 1 fully saturated rings. The number of nitrogens with two attached hydrogens (primary N) is 1. The molecule has 0 unspecified atom stereocenters. The zero-order valence-electron chi connectivity index (χ0n) is 11.3. The van der Waals surface area contributed by atoms with E-state index in [2.05, 4.69) is 4.98 Å². The molecule has 2 N–H and O–H groups in total. The Morgan fingerprint density at radius 2 is 2.11 bits per heavy atom.